The predicted molar refractivity (Wildman–Crippen MR) is 321 cm³/mol. The first kappa shape index (κ1) is 72.5. The van der Waals surface area contributed by atoms with E-state index >= 15 is 0 Å². The van der Waals surface area contributed by atoms with E-state index in [-0.39, 0.29) is 24.9 Å². The molecule has 3 atom stereocenters. The maximum absolute atomic E-state index is 13.5. The molecule has 0 saturated carbocycles. The van der Waals surface area contributed by atoms with Gasteiger partial charge < -0.3 is 28.5 Å². The van der Waals surface area contributed by atoms with E-state index in [4.69, 9.17) is 13.8 Å². The molecular formula is C65H119N2O7P. The molecule has 0 aromatic heterocycles. The summed E-state index contributed by atoms with van der Waals surface area (Å²) in [6.07, 6.45) is 70.1. The molecule has 9 nitrogen and oxygen atoms in total. The lowest BCUT2D eigenvalue weighted by atomic mass is 10.0. The molecule has 436 valence electrons. The summed E-state index contributed by atoms with van der Waals surface area (Å²) in [5.41, 5.74) is 0. The summed E-state index contributed by atoms with van der Waals surface area (Å²) in [6.45, 7) is 6.68. The van der Waals surface area contributed by atoms with Gasteiger partial charge in [0.2, 0.25) is 5.91 Å². The lowest BCUT2D eigenvalue weighted by Gasteiger charge is -2.30. The van der Waals surface area contributed by atoms with Crippen molar-refractivity contribution < 1.29 is 37.3 Å². The van der Waals surface area contributed by atoms with E-state index < -0.39 is 26.6 Å². The first-order valence-corrected chi connectivity index (χ1v) is 32.7. The zero-order valence-corrected chi connectivity index (χ0v) is 50.6. The second-order valence-corrected chi connectivity index (χ2v) is 23.6. The Morgan fingerprint density at radius 1 is 0.493 bits per heavy atom. The molecule has 1 amide bonds. The number of amides is 1. The zero-order chi connectivity index (χ0) is 55.0. The summed E-state index contributed by atoms with van der Waals surface area (Å²) < 4.78 is 30.3. The van der Waals surface area contributed by atoms with Crippen molar-refractivity contribution in [1.29, 1.82) is 0 Å². The molecule has 0 spiro atoms. The van der Waals surface area contributed by atoms with Crippen LogP contribution >= 0.6 is 7.82 Å². The Balaban J connectivity index is 5.14. The van der Waals surface area contributed by atoms with E-state index in [0.717, 1.165) is 83.5 Å². The summed E-state index contributed by atoms with van der Waals surface area (Å²) in [6, 6.07) is -0.896. The first-order valence-electron chi connectivity index (χ1n) is 31.3. The Bertz CT molecular complexity index is 1510. The molecule has 0 aromatic carbocycles. The Hall–Kier alpha value is -2.55. The minimum atomic E-state index is -4.70. The molecule has 0 aliphatic heterocycles. The number of carbonyl (C=O) groups excluding carboxylic acids is 2. The van der Waals surface area contributed by atoms with E-state index in [1.807, 2.05) is 33.3 Å². The number of carbonyl (C=O) groups is 2. The molecule has 0 fully saturated rings. The van der Waals surface area contributed by atoms with Crippen LogP contribution in [-0.4, -0.2) is 69.4 Å². The van der Waals surface area contributed by atoms with Gasteiger partial charge in [0.05, 0.1) is 33.8 Å². The van der Waals surface area contributed by atoms with Crippen LogP contribution in [0.5, 0.6) is 0 Å². The second kappa shape index (κ2) is 54.8. The van der Waals surface area contributed by atoms with Crippen molar-refractivity contribution >= 4 is 19.7 Å². The molecule has 10 heteroatoms. The number of ether oxygens (including phenoxy) is 1. The summed E-state index contributed by atoms with van der Waals surface area (Å²) >= 11 is 0. The third-order valence-corrected chi connectivity index (χ3v) is 14.6. The minimum absolute atomic E-state index is 0.0268. The number of rotatable bonds is 56. The number of likely N-dealkylation sites (N-methyl/N-ethyl adjacent to an activating group) is 1. The van der Waals surface area contributed by atoms with Crippen molar-refractivity contribution in [3.05, 3.63) is 72.9 Å². The quantitative estimate of drug-likeness (QED) is 0.0161. The fourth-order valence-corrected chi connectivity index (χ4v) is 9.57. The van der Waals surface area contributed by atoms with E-state index in [9.17, 15) is 19.0 Å². The predicted octanol–water partition coefficient (Wildman–Crippen LogP) is 18.6. The SMILES string of the molecule is CC/C=C/C=C/C=C/CCCCCCCCCC(=O)NC(COP(=O)([O-])OCC[N+](C)(C)C)C(/C=C\CCCCCCCCCCC)OC(=O)CCCCCCCCCCCCCCC/C=C\C/C=C\CCCCC. The van der Waals surface area contributed by atoms with Crippen LogP contribution in [0.3, 0.4) is 0 Å². The van der Waals surface area contributed by atoms with Gasteiger partial charge in [-0.2, -0.15) is 0 Å². The minimum Gasteiger partial charge on any atom is -0.756 e. The number of unbranched alkanes of at least 4 members (excludes halogenated alkanes) is 32. The Kier molecular flexibility index (Phi) is 52.9. The molecule has 0 saturated heterocycles. The third-order valence-electron chi connectivity index (χ3n) is 13.7. The molecule has 75 heavy (non-hydrogen) atoms. The number of phosphoric ester groups is 1. The summed E-state index contributed by atoms with van der Waals surface area (Å²) in [4.78, 5) is 39.9. The molecule has 0 aliphatic rings. The van der Waals surface area contributed by atoms with Gasteiger partial charge in [-0.05, 0) is 83.1 Å². The molecule has 0 bridgehead atoms. The highest BCUT2D eigenvalue weighted by molar-refractivity contribution is 7.45. The number of nitrogens with zero attached hydrogens (tertiary/aromatic N) is 1. The highest BCUT2D eigenvalue weighted by Crippen LogP contribution is 2.38. The molecule has 3 unspecified atom stereocenters. The summed E-state index contributed by atoms with van der Waals surface area (Å²) in [7, 11) is 1.17. The number of hydrogen-bond acceptors (Lipinski definition) is 7. The van der Waals surface area contributed by atoms with Crippen LogP contribution in [0.15, 0.2) is 72.9 Å². The molecular weight excluding hydrogens is 952 g/mol. The molecule has 0 aromatic rings. The highest BCUT2D eigenvalue weighted by Gasteiger charge is 2.27. The molecule has 0 rings (SSSR count). The van der Waals surface area contributed by atoms with Crippen molar-refractivity contribution in [1.82, 2.24) is 5.32 Å². The molecule has 1 N–H and O–H groups in total. The number of nitrogens with one attached hydrogen (secondary N) is 1. The van der Waals surface area contributed by atoms with Gasteiger partial charge in [-0.15, -0.1) is 0 Å². The number of phosphoric acid groups is 1. The third kappa shape index (κ3) is 56.0. The number of hydrogen-bond donors (Lipinski definition) is 1. The monoisotopic (exact) mass is 1070 g/mol. The fraction of sp³-hybridized carbons (Fsp3) is 0.785. The Morgan fingerprint density at radius 2 is 0.907 bits per heavy atom. The van der Waals surface area contributed by atoms with Gasteiger partial charge in [0.1, 0.15) is 19.3 Å². The molecule has 0 heterocycles. The van der Waals surface area contributed by atoms with E-state index in [2.05, 4.69) is 86.8 Å². The van der Waals surface area contributed by atoms with Gasteiger partial charge in [0, 0.05) is 12.8 Å². The normalized spacial score (nSPS) is 14.2. The van der Waals surface area contributed by atoms with E-state index in [1.54, 1.807) is 0 Å². The smallest absolute Gasteiger partial charge is 0.306 e. The lowest BCUT2D eigenvalue weighted by Crippen LogP contribution is -2.47. The van der Waals surface area contributed by atoms with E-state index in [1.165, 1.54) is 161 Å². The van der Waals surface area contributed by atoms with E-state index in [0.29, 0.717) is 17.4 Å². The van der Waals surface area contributed by atoms with Crippen LogP contribution in [0.4, 0.5) is 0 Å². The Morgan fingerprint density at radius 3 is 1.40 bits per heavy atom. The van der Waals surface area contributed by atoms with Crippen LogP contribution < -0.4 is 10.2 Å². The van der Waals surface area contributed by atoms with Gasteiger partial charge >= 0.3 is 5.97 Å². The van der Waals surface area contributed by atoms with Gasteiger partial charge in [-0.1, -0.05) is 255 Å². The average Bonchev–Trinajstić information content (AvgIpc) is 3.37. The van der Waals surface area contributed by atoms with Gasteiger partial charge in [0.25, 0.3) is 7.82 Å². The van der Waals surface area contributed by atoms with Crippen molar-refractivity contribution in [2.75, 3.05) is 40.9 Å². The van der Waals surface area contributed by atoms with Crippen LogP contribution in [0, 0.1) is 0 Å². The lowest BCUT2D eigenvalue weighted by molar-refractivity contribution is -0.870. The molecule has 0 radical (unpaired) electrons. The van der Waals surface area contributed by atoms with Gasteiger partial charge in [-0.25, -0.2) is 0 Å². The summed E-state index contributed by atoms with van der Waals surface area (Å²) in [5.74, 6) is -0.553. The van der Waals surface area contributed by atoms with Crippen LogP contribution in [0.1, 0.15) is 278 Å². The largest absolute Gasteiger partial charge is 0.756 e. The highest BCUT2D eigenvalue weighted by atomic mass is 31.2. The van der Waals surface area contributed by atoms with Crippen LogP contribution in [-0.2, 0) is 27.9 Å². The van der Waals surface area contributed by atoms with Crippen LogP contribution in [0.2, 0.25) is 0 Å². The zero-order valence-electron chi connectivity index (χ0n) is 49.7. The van der Waals surface area contributed by atoms with Crippen molar-refractivity contribution in [3.63, 3.8) is 0 Å². The van der Waals surface area contributed by atoms with Crippen molar-refractivity contribution in [3.8, 4) is 0 Å². The number of esters is 1. The average molecular weight is 1070 g/mol. The Labute approximate surface area is 463 Å². The fourth-order valence-electron chi connectivity index (χ4n) is 8.85. The summed E-state index contributed by atoms with van der Waals surface area (Å²) in [5, 5.41) is 3.02. The maximum atomic E-state index is 13.5. The second-order valence-electron chi connectivity index (χ2n) is 22.2. The molecule has 0 aliphatic carbocycles. The van der Waals surface area contributed by atoms with Gasteiger partial charge in [0.15, 0.2) is 0 Å². The number of quaternary nitrogens is 1. The van der Waals surface area contributed by atoms with Gasteiger partial charge in [-0.3, -0.25) is 14.2 Å². The van der Waals surface area contributed by atoms with Crippen LogP contribution in [0.25, 0.3) is 0 Å². The maximum Gasteiger partial charge on any atom is 0.306 e. The first-order chi connectivity index (χ1) is 36.4. The van der Waals surface area contributed by atoms with Crippen molar-refractivity contribution in [2.24, 2.45) is 0 Å². The number of allylic oxidation sites excluding steroid dienone is 11. The topological polar surface area (TPSA) is 114 Å². The van der Waals surface area contributed by atoms with Crippen molar-refractivity contribution in [2.45, 2.75) is 290 Å². The standard InChI is InChI=1S/C65H119N2O7P/c1-7-10-13-16-19-22-25-27-29-30-31-32-33-34-35-36-38-40-43-46-49-52-55-58-65(69)74-63(56-53-50-47-44-41-24-21-18-15-12-9-3)62(61-73-75(70,71)72-60-59-67(4,5)6)66-64(68)57-54-51-48-45-42-39-37-28-26-23-20-17-14-11-8-2/h11,14,17,19-20,22-23,26-27,29,53,56,62-63H,7-10,12-13,15-16,18,21,24-25,28,30-52,54-55,57-61H2,1-6H3,(H-,66,68,70,71)/b14-11+,20-17+,22-19-,26-23+,29-27-,56-53-.